The van der Waals surface area contributed by atoms with Gasteiger partial charge in [-0.05, 0) is 32.5 Å². The highest BCUT2D eigenvalue weighted by molar-refractivity contribution is 6.69. The first-order valence-electron chi connectivity index (χ1n) is 17.3. The Labute approximate surface area is 246 Å². The lowest BCUT2D eigenvalue weighted by atomic mass is 10.0. The lowest BCUT2D eigenvalue weighted by Crippen LogP contribution is -2.35. The van der Waals surface area contributed by atoms with Crippen molar-refractivity contribution < 1.29 is 18.7 Å². The third-order valence-electron chi connectivity index (χ3n) is 7.43. The zero-order valence-electron chi connectivity index (χ0n) is 27.3. The number of carbonyl (C=O) groups is 1. The minimum atomic E-state index is -1.66. The summed E-state index contributed by atoms with van der Waals surface area (Å²) >= 11 is 0. The zero-order chi connectivity index (χ0) is 28.9. The van der Waals surface area contributed by atoms with E-state index in [2.05, 4.69) is 33.5 Å². The van der Waals surface area contributed by atoms with E-state index in [1.807, 2.05) is 0 Å². The monoisotopic (exact) mass is 571 g/mol. The Hall–Kier alpha value is -0.393. The predicted octanol–water partition coefficient (Wildman–Crippen LogP) is 11.2. The molecule has 0 N–H and O–H groups in total. The van der Waals surface area contributed by atoms with Gasteiger partial charge in [0.2, 0.25) is 0 Å². The highest BCUT2D eigenvalue weighted by atomic mass is 28.4. The minimum Gasteiger partial charge on any atom is -0.457 e. The molecule has 0 radical (unpaired) electrons. The zero-order valence-corrected chi connectivity index (χ0v) is 28.3. The van der Waals surface area contributed by atoms with Gasteiger partial charge in [0.1, 0.15) is 6.10 Å². The van der Waals surface area contributed by atoms with Gasteiger partial charge in [0, 0.05) is 13.0 Å². The third-order valence-corrected chi connectivity index (χ3v) is 8.46. The lowest BCUT2D eigenvalue weighted by molar-refractivity contribution is -0.154. The summed E-state index contributed by atoms with van der Waals surface area (Å²) in [5.41, 5.74) is 0. The molecule has 234 valence electrons. The molecule has 0 spiro atoms. The SMILES string of the molecule is CCCCCCCCCCCCCCCCCCOCC(CO[Si](C)(C)C)OC(=O)CCCCCCCCC. The van der Waals surface area contributed by atoms with E-state index in [1.165, 1.54) is 128 Å². The molecule has 0 bridgehead atoms. The fraction of sp³-hybridized carbons (Fsp3) is 0.971. The van der Waals surface area contributed by atoms with Crippen LogP contribution < -0.4 is 0 Å². The first-order valence-corrected chi connectivity index (χ1v) is 20.7. The maximum Gasteiger partial charge on any atom is 0.306 e. The van der Waals surface area contributed by atoms with Crippen LogP contribution in [-0.4, -0.2) is 40.2 Å². The normalized spacial score (nSPS) is 12.6. The van der Waals surface area contributed by atoms with Crippen molar-refractivity contribution in [2.24, 2.45) is 0 Å². The summed E-state index contributed by atoms with van der Waals surface area (Å²) in [4.78, 5) is 12.4. The Kier molecular flexibility index (Phi) is 28.8. The second-order valence-electron chi connectivity index (χ2n) is 12.8. The summed E-state index contributed by atoms with van der Waals surface area (Å²) in [5, 5.41) is 0. The van der Waals surface area contributed by atoms with Gasteiger partial charge in [-0.15, -0.1) is 0 Å². The second kappa shape index (κ2) is 29.1. The van der Waals surface area contributed by atoms with Crippen LogP contribution in [0.5, 0.6) is 0 Å². The second-order valence-corrected chi connectivity index (χ2v) is 17.3. The smallest absolute Gasteiger partial charge is 0.306 e. The summed E-state index contributed by atoms with van der Waals surface area (Å²) in [5.74, 6) is -0.0984. The van der Waals surface area contributed by atoms with Crippen molar-refractivity contribution in [3.8, 4) is 0 Å². The lowest BCUT2D eigenvalue weighted by Gasteiger charge is -2.23. The summed E-state index contributed by atoms with van der Waals surface area (Å²) < 4.78 is 17.7. The van der Waals surface area contributed by atoms with Crippen molar-refractivity contribution in [3.63, 3.8) is 0 Å². The topological polar surface area (TPSA) is 44.8 Å². The standard InChI is InChI=1S/C34H70O4Si/c1-6-8-10-12-14-15-16-17-18-19-20-21-22-24-26-28-30-36-31-33(32-37-39(3,4)5)38-34(35)29-27-25-23-13-11-9-7-2/h33H,6-32H2,1-5H3. The molecule has 39 heavy (non-hydrogen) atoms. The Morgan fingerprint density at radius 2 is 0.923 bits per heavy atom. The average Bonchev–Trinajstić information content (AvgIpc) is 2.90. The highest BCUT2D eigenvalue weighted by Gasteiger charge is 2.20. The average molecular weight is 571 g/mol. The van der Waals surface area contributed by atoms with Gasteiger partial charge in [-0.1, -0.05) is 149 Å². The molecule has 0 amide bonds. The highest BCUT2D eigenvalue weighted by Crippen LogP contribution is 2.14. The van der Waals surface area contributed by atoms with Crippen LogP contribution in [0.1, 0.15) is 168 Å². The van der Waals surface area contributed by atoms with Crippen molar-refractivity contribution in [1.29, 1.82) is 0 Å². The van der Waals surface area contributed by atoms with Crippen molar-refractivity contribution >= 4 is 14.3 Å². The van der Waals surface area contributed by atoms with Gasteiger partial charge in [-0.2, -0.15) is 0 Å². The van der Waals surface area contributed by atoms with Crippen LogP contribution in [-0.2, 0) is 18.7 Å². The van der Waals surface area contributed by atoms with Gasteiger partial charge in [0.05, 0.1) is 13.2 Å². The van der Waals surface area contributed by atoms with Crippen LogP contribution in [0.15, 0.2) is 0 Å². The first kappa shape index (κ1) is 38.6. The Balaban J connectivity index is 3.74. The molecule has 0 aliphatic heterocycles. The molecule has 0 rings (SSSR count). The minimum absolute atomic E-state index is 0.0984. The van der Waals surface area contributed by atoms with Crippen LogP contribution in [0.4, 0.5) is 0 Å². The molecule has 0 aliphatic rings. The van der Waals surface area contributed by atoms with E-state index in [-0.39, 0.29) is 12.1 Å². The van der Waals surface area contributed by atoms with Gasteiger partial charge < -0.3 is 13.9 Å². The van der Waals surface area contributed by atoms with Gasteiger partial charge >= 0.3 is 5.97 Å². The fourth-order valence-electron chi connectivity index (χ4n) is 4.90. The first-order chi connectivity index (χ1) is 18.9. The van der Waals surface area contributed by atoms with Crippen molar-refractivity contribution in [2.45, 2.75) is 194 Å². The molecule has 1 atom stereocenters. The summed E-state index contributed by atoms with van der Waals surface area (Å²) in [6.07, 6.45) is 30.7. The predicted molar refractivity (Wildman–Crippen MR) is 172 cm³/mol. The van der Waals surface area contributed by atoms with Gasteiger partial charge in [-0.25, -0.2) is 0 Å². The molecule has 0 aromatic rings. The maximum atomic E-state index is 12.4. The quantitative estimate of drug-likeness (QED) is 0.0472. The number of unbranched alkanes of at least 4 members (excludes halogenated alkanes) is 21. The molecule has 0 aromatic carbocycles. The largest absolute Gasteiger partial charge is 0.457 e. The van der Waals surface area contributed by atoms with Crippen molar-refractivity contribution in [3.05, 3.63) is 0 Å². The summed E-state index contributed by atoms with van der Waals surface area (Å²) in [6, 6.07) is 0. The molecule has 0 aliphatic carbocycles. The van der Waals surface area contributed by atoms with Crippen LogP contribution in [0.25, 0.3) is 0 Å². The van der Waals surface area contributed by atoms with E-state index < -0.39 is 8.32 Å². The number of rotatable bonds is 31. The number of hydrogen-bond acceptors (Lipinski definition) is 4. The van der Waals surface area contributed by atoms with Crippen LogP contribution in [0, 0.1) is 0 Å². The van der Waals surface area contributed by atoms with E-state index in [0.717, 1.165) is 25.9 Å². The Bertz CT molecular complexity index is 506. The molecule has 5 heteroatoms. The molecule has 1 unspecified atom stereocenters. The van der Waals surface area contributed by atoms with Crippen LogP contribution in [0.2, 0.25) is 19.6 Å². The molecule has 0 saturated heterocycles. The molecule has 0 heterocycles. The van der Waals surface area contributed by atoms with Crippen LogP contribution in [0.3, 0.4) is 0 Å². The van der Waals surface area contributed by atoms with Crippen molar-refractivity contribution in [1.82, 2.24) is 0 Å². The molecule has 0 saturated carbocycles. The Morgan fingerprint density at radius 3 is 1.33 bits per heavy atom. The molecule has 4 nitrogen and oxygen atoms in total. The van der Waals surface area contributed by atoms with E-state index in [1.54, 1.807) is 0 Å². The van der Waals surface area contributed by atoms with E-state index in [0.29, 0.717) is 19.6 Å². The fourth-order valence-corrected chi connectivity index (χ4v) is 5.58. The molecule has 0 fully saturated rings. The van der Waals surface area contributed by atoms with Gasteiger partial charge in [-0.3, -0.25) is 4.79 Å². The third kappa shape index (κ3) is 32.0. The number of hydrogen-bond donors (Lipinski definition) is 0. The molecule has 0 aromatic heterocycles. The maximum absolute atomic E-state index is 12.4. The molecular weight excluding hydrogens is 500 g/mol. The van der Waals surface area contributed by atoms with E-state index in [9.17, 15) is 4.79 Å². The summed E-state index contributed by atoms with van der Waals surface area (Å²) in [7, 11) is -1.66. The van der Waals surface area contributed by atoms with Crippen LogP contribution >= 0.6 is 0 Å². The Morgan fingerprint density at radius 1 is 0.538 bits per heavy atom. The number of esters is 1. The van der Waals surface area contributed by atoms with Crippen molar-refractivity contribution in [2.75, 3.05) is 19.8 Å². The summed E-state index contributed by atoms with van der Waals surface area (Å²) in [6.45, 7) is 12.7. The van der Waals surface area contributed by atoms with Gasteiger partial charge in [0.15, 0.2) is 8.32 Å². The number of carbonyl (C=O) groups excluding carboxylic acids is 1. The van der Waals surface area contributed by atoms with E-state index in [4.69, 9.17) is 13.9 Å². The molecular formula is C34H70O4Si. The number of ether oxygens (including phenoxy) is 2. The van der Waals surface area contributed by atoms with Gasteiger partial charge in [0.25, 0.3) is 0 Å². The van der Waals surface area contributed by atoms with E-state index >= 15 is 0 Å².